The fourth-order valence-electron chi connectivity index (χ4n) is 3.18. The Kier molecular flexibility index (Phi) is 3.61. The van der Waals surface area contributed by atoms with Gasteiger partial charge in [-0.1, -0.05) is 18.2 Å². The Labute approximate surface area is 135 Å². The van der Waals surface area contributed by atoms with E-state index >= 15 is 0 Å². The van der Waals surface area contributed by atoms with Gasteiger partial charge in [-0.15, -0.1) is 0 Å². The number of nitrogens with one attached hydrogen (secondary N) is 2. The summed E-state index contributed by atoms with van der Waals surface area (Å²) in [5, 5.41) is 6.41. The minimum atomic E-state index is -0.125. The zero-order chi connectivity index (χ0) is 15.6. The van der Waals surface area contributed by atoms with E-state index in [1.54, 1.807) is 6.07 Å². The lowest BCUT2D eigenvalue weighted by atomic mass is 10.0. The smallest absolute Gasteiger partial charge is 0.270 e. The van der Waals surface area contributed by atoms with Crippen LogP contribution in [0.2, 0.25) is 0 Å². The Balaban J connectivity index is 1.55. The molecular weight excluding hydrogens is 290 g/mol. The van der Waals surface area contributed by atoms with Crippen LogP contribution in [-0.2, 0) is 6.42 Å². The number of hydrogen-bond acceptors (Lipinski definition) is 4. The van der Waals surface area contributed by atoms with Gasteiger partial charge in [-0.05, 0) is 31.0 Å². The summed E-state index contributed by atoms with van der Waals surface area (Å²) in [6.45, 7) is 1.59. The molecule has 1 atom stereocenters. The molecule has 1 aromatic heterocycles. The highest BCUT2D eigenvalue weighted by atomic mass is 16.5. The molecule has 0 aliphatic carbocycles. The van der Waals surface area contributed by atoms with Crippen LogP contribution in [0.4, 0.5) is 5.69 Å². The molecule has 0 spiro atoms. The summed E-state index contributed by atoms with van der Waals surface area (Å²) >= 11 is 0. The summed E-state index contributed by atoms with van der Waals surface area (Å²) in [5.74, 6) is 0.728. The van der Waals surface area contributed by atoms with Crippen LogP contribution in [0, 0.1) is 0 Å². The van der Waals surface area contributed by atoms with Crippen LogP contribution in [0.1, 0.15) is 40.6 Å². The van der Waals surface area contributed by atoms with Gasteiger partial charge in [0, 0.05) is 18.5 Å². The van der Waals surface area contributed by atoms with Gasteiger partial charge in [0.05, 0.1) is 24.0 Å². The van der Waals surface area contributed by atoms with Crippen molar-refractivity contribution < 1.29 is 9.53 Å². The number of nitrogens with zero attached hydrogens (tertiary/aromatic N) is 1. The molecule has 2 aliphatic heterocycles. The molecule has 118 valence electrons. The number of benzene rings is 1. The molecule has 1 amide bonds. The molecule has 0 saturated carbocycles. The molecule has 5 heteroatoms. The zero-order valence-corrected chi connectivity index (χ0v) is 12.8. The Morgan fingerprint density at radius 2 is 2.17 bits per heavy atom. The van der Waals surface area contributed by atoms with Crippen molar-refractivity contribution in [3.63, 3.8) is 0 Å². The van der Waals surface area contributed by atoms with Crippen molar-refractivity contribution >= 4 is 11.6 Å². The maximum Gasteiger partial charge on any atom is 0.270 e. The van der Waals surface area contributed by atoms with Gasteiger partial charge in [-0.2, -0.15) is 0 Å². The van der Waals surface area contributed by atoms with E-state index in [4.69, 9.17) is 4.74 Å². The van der Waals surface area contributed by atoms with E-state index in [2.05, 4.69) is 15.6 Å². The Hall–Kier alpha value is -2.56. The number of carbonyl (C=O) groups is 1. The molecule has 2 N–H and O–H groups in total. The van der Waals surface area contributed by atoms with Crippen LogP contribution in [0.25, 0.3) is 0 Å². The molecule has 1 aromatic carbocycles. The number of aryl methyl sites for hydroxylation is 1. The van der Waals surface area contributed by atoms with Gasteiger partial charge in [0.2, 0.25) is 0 Å². The van der Waals surface area contributed by atoms with Gasteiger partial charge in [0.15, 0.2) is 0 Å². The van der Waals surface area contributed by atoms with Crippen LogP contribution in [0.15, 0.2) is 36.4 Å². The fraction of sp³-hybridized carbons (Fsp3) is 0.333. The highest BCUT2D eigenvalue weighted by Crippen LogP contribution is 2.31. The number of para-hydroxylation sites is 1. The summed E-state index contributed by atoms with van der Waals surface area (Å²) < 4.78 is 5.64. The van der Waals surface area contributed by atoms with Crippen molar-refractivity contribution in [2.45, 2.75) is 25.3 Å². The van der Waals surface area contributed by atoms with Gasteiger partial charge in [-0.25, -0.2) is 4.98 Å². The molecule has 1 unspecified atom stereocenters. The van der Waals surface area contributed by atoms with Crippen molar-refractivity contribution in [1.29, 1.82) is 0 Å². The second-order valence-electron chi connectivity index (χ2n) is 5.92. The van der Waals surface area contributed by atoms with Crippen molar-refractivity contribution in [3.8, 4) is 5.75 Å². The number of amides is 1. The minimum absolute atomic E-state index is 0.0246. The summed E-state index contributed by atoms with van der Waals surface area (Å²) in [6, 6.07) is 11.6. The Morgan fingerprint density at radius 1 is 1.26 bits per heavy atom. The summed E-state index contributed by atoms with van der Waals surface area (Å²) in [5.41, 5.74) is 3.55. The minimum Gasteiger partial charge on any atom is -0.493 e. The first kappa shape index (κ1) is 14.1. The van der Waals surface area contributed by atoms with E-state index in [1.165, 1.54) is 0 Å². The van der Waals surface area contributed by atoms with Gasteiger partial charge in [0.25, 0.3) is 5.91 Å². The number of pyridine rings is 1. The summed E-state index contributed by atoms with van der Waals surface area (Å²) in [7, 11) is 0. The van der Waals surface area contributed by atoms with Gasteiger partial charge >= 0.3 is 0 Å². The fourth-order valence-corrected chi connectivity index (χ4v) is 3.18. The van der Waals surface area contributed by atoms with Crippen LogP contribution in [-0.4, -0.2) is 24.0 Å². The van der Waals surface area contributed by atoms with Crippen LogP contribution < -0.4 is 15.4 Å². The molecule has 2 aliphatic rings. The maximum absolute atomic E-state index is 12.6. The molecule has 0 fully saturated rings. The van der Waals surface area contributed by atoms with E-state index in [0.717, 1.165) is 48.5 Å². The lowest BCUT2D eigenvalue weighted by molar-refractivity contribution is 0.0919. The average Bonchev–Trinajstić information content (AvgIpc) is 2.61. The van der Waals surface area contributed by atoms with E-state index in [0.29, 0.717) is 12.3 Å². The van der Waals surface area contributed by atoms with E-state index < -0.39 is 0 Å². The molecule has 0 saturated heterocycles. The van der Waals surface area contributed by atoms with Crippen LogP contribution >= 0.6 is 0 Å². The van der Waals surface area contributed by atoms with Gasteiger partial charge in [0.1, 0.15) is 11.4 Å². The van der Waals surface area contributed by atoms with Crippen molar-refractivity contribution in [3.05, 3.63) is 53.3 Å². The first-order valence-electron chi connectivity index (χ1n) is 8.07. The van der Waals surface area contributed by atoms with E-state index in [-0.39, 0.29) is 11.9 Å². The monoisotopic (exact) mass is 309 g/mol. The van der Waals surface area contributed by atoms with Crippen LogP contribution in [0.5, 0.6) is 5.75 Å². The van der Waals surface area contributed by atoms with E-state index in [1.807, 2.05) is 30.3 Å². The summed E-state index contributed by atoms with van der Waals surface area (Å²) in [6.07, 6.45) is 2.75. The lowest BCUT2D eigenvalue weighted by Gasteiger charge is -2.26. The molecule has 5 nitrogen and oxygen atoms in total. The number of fused-ring (bicyclic) bond motifs is 2. The molecule has 0 bridgehead atoms. The van der Waals surface area contributed by atoms with Crippen LogP contribution in [0.3, 0.4) is 0 Å². The topological polar surface area (TPSA) is 63.2 Å². The second-order valence-corrected chi connectivity index (χ2v) is 5.92. The first-order chi connectivity index (χ1) is 11.3. The predicted octanol–water partition coefficient (Wildman–Crippen LogP) is 2.69. The third-order valence-corrected chi connectivity index (χ3v) is 4.38. The first-order valence-corrected chi connectivity index (χ1v) is 8.07. The van der Waals surface area contributed by atoms with Gasteiger partial charge in [-0.3, -0.25) is 4.79 Å². The normalized spacial score (nSPS) is 18.9. The van der Waals surface area contributed by atoms with Crippen molar-refractivity contribution in [1.82, 2.24) is 10.3 Å². The standard InChI is InChI=1S/C18H19N3O2/c22-18(16-8-7-14-15(20-16)5-3-10-19-14)21-13-9-11-23-17-6-2-1-4-12(13)17/h1-2,4,6-8,13,19H,3,5,9-11H2,(H,21,22). The number of anilines is 1. The third kappa shape index (κ3) is 2.74. The number of aromatic nitrogens is 1. The molecule has 2 aromatic rings. The number of rotatable bonds is 2. The number of ether oxygens (including phenoxy) is 1. The highest BCUT2D eigenvalue weighted by Gasteiger charge is 2.24. The molecule has 23 heavy (non-hydrogen) atoms. The third-order valence-electron chi connectivity index (χ3n) is 4.38. The molecule has 3 heterocycles. The van der Waals surface area contributed by atoms with Crippen molar-refractivity contribution in [2.75, 3.05) is 18.5 Å². The maximum atomic E-state index is 12.6. The highest BCUT2D eigenvalue weighted by molar-refractivity contribution is 5.93. The average molecular weight is 309 g/mol. The predicted molar refractivity (Wildman–Crippen MR) is 87.8 cm³/mol. The largest absolute Gasteiger partial charge is 0.493 e. The molecule has 4 rings (SSSR count). The SMILES string of the molecule is O=C(NC1CCOc2ccccc21)c1ccc2c(n1)CCCN2. The lowest BCUT2D eigenvalue weighted by Crippen LogP contribution is -2.33. The van der Waals surface area contributed by atoms with Crippen molar-refractivity contribution in [2.24, 2.45) is 0 Å². The Morgan fingerprint density at radius 3 is 3.13 bits per heavy atom. The van der Waals surface area contributed by atoms with E-state index in [9.17, 15) is 4.79 Å². The Bertz CT molecular complexity index is 745. The zero-order valence-electron chi connectivity index (χ0n) is 12.8. The quantitative estimate of drug-likeness (QED) is 0.895. The second kappa shape index (κ2) is 5.91. The summed E-state index contributed by atoms with van der Waals surface area (Å²) in [4.78, 5) is 17.1. The number of hydrogen-bond donors (Lipinski definition) is 2. The molecule has 0 radical (unpaired) electrons. The number of carbonyl (C=O) groups excluding carboxylic acids is 1. The molecular formula is C18H19N3O2. The van der Waals surface area contributed by atoms with Gasteiger partial charge < -0.3 is 15.4 Å².